The fourth-order valence-corrected chi connectivity index (χ4v) is 4.87. The molecule has 6 nitrogen and oxygen atoms in total. The van der Waals surface area contributed by atoms with Crippen molar-refractivity contribution in [2.24, 2.45) is 0 Å². The van der Waals surface area contributed by atoms with E-state index in [0.717, 1.165) is 22.4 Å². The highest BCUT2D eigenvalue weighted by Crippen LogP contribution is 2.27. The van der Waals surface area contributed by atoms with E-state index in [1.54, 1.807) is 18.3 Å². The summed E-state index contributed by atoms with van der Waals surface area (Å²) in [5.74, 6) is 0.315. The van der Waals surface area contributed by atoms with E-state index in [4.69, 9.17) is 9.72 Å². The van der Waals surface area contributed by atoms with Crippen molar-refractivity contribution in [2.75, 3.05) is 7.11 Å². The Kier molecular flexibility index (Phi) is 5.15. The number of nitrogens with one attached hydrogen (secondary N) is 1. The first-order chi connectivity index (χ1) is 17.5. The first-order valence-corrected chi connectivity index (χ1v) is 11.7. The van der Waals surface area contributed by atoms with Crippen LogP contribution in [0, 0.1) is 6.92 Å². The monoisotopic (exact) mass is 473 g/mol. The van der Waals surface area contributed by atoms with E-state index in [1.807, 2.05) is 49.4 Å². The minimum absolute atomic E-state index is 0.153. The Hall–Kier alpha value is -4.71. The summed E-state index contributed by atoms with van der Waals surface area (Å²) in [6.45, 7) is 2.66. The smallest absolute Gasteiger partial charge is 0.338 e. The van der Waals surface area contributed by atoms with Crippen LogP contribution in [-0.2, 0) is 11.3 Å². The van der Waals surface area contributed by atoms with Gasteiger partial charge in [0.25, 0.3) is 0 Å². The third kappa shape index (κ3) is 3.55. The molecule has 6 rings (SSSR count). The number of imidazole rings is 1. The molecule has 0 saturated heterocycles. The Morgan fingerprint density at radius 3 is 2.42 bits per heavy atom. The SMILES string of the molecule is COC(=O)c1cccc2[nH]cc(C(=O)c3ccc(Cn4c(C)nc5cc6ccccc6cc54)cc3)c12. The fraction of sp³-hybridized carbons (Fsp3) is 0.100. The molecule has 0 aliphatic carbocycles. The molecule has 6 heteroatoms. The molecule has 4 aromatic carbocycles. The van der Waals surface area contributed by atoms with Crippen molar-refractivity contribution >= 4 is 44.5 Å². The van der Waals surface area contributed by atoms with Gasteiger partial charge in [-0.3, -0.25) is 4.79 Å². The Balaban J connectivity index is 1.32. The van der Waals surface area contributed by atoms with Gasteiger partial charge in [0.1, 0.15) is 5.82 Å². The molecule has 0 aliphatic rings. The number of ketones is 1. The van der Waals surface area contributed by atoms with E-state index < -0.39 is 5.97 Å². The molecule has 0 bridgehead atoms. The van der Waals surface area contributed by atoms with Crippen LogP contribution in [0.25, 0.3) is 32.7 Å². The fourth-order valence-electron chi connectivity index (χ4n) is 4.87. The van der Waals surface area contributed by atoms with Gasteiger partial charge < -0.3 is 14.3 Å². The summed E-state index contributed by atoms with van der Waals surface area (Å²) in [5, 5.41) is 2.92. The van der Waals surface area contributed by atoms with Gasteiger partial charge in [-0.1, -0.05) is 54.6 Å². The van der Waals surface area contributed by atoms with Crippen molar-refractivity contribution in [3.05, 3.63) is 113 Å². The Morgan fingerprint density at radius 2 is 1.67 bits per heavy atom. The van der Waals surface area contributed by atoms with Crippen molar-refractivity contribution in [1.82, 2.24) is 14.5 Å². The number of aryl methyl sites for hydroxylation is 1. The van der Waals surface area contributed by atoms with Gasteiger partial charge in [0.2, 0.25) is 0 Å². The van der Waals surface area contributed by atoms with E-state index in [9.17, 15) is 9.59 Å². The molecule has 0 unspecified atom stereocenters. The van der Waals surface area contributed by atoms with Crippen molar-refractivity contribution < 1.29 is 14.3 Å². The van der Waals surface area contributed by atoms with E-state index in [1.165, 1.54) is 17.9 Å². The molecule has 0 amide bonds. The highest BCUT2D eigenvalue weighted by atomic mass is 16.5. The molecule has 0 spiro atoms. The molecule has 1 N–H and O–H groups in total. The van der Waals surface area contributed by atoms with Crippen molar-refractivity contribution in [3.8, 4) is 0 Å². The summed E-state index contributed by atoms with van der Waals surface area (Å²) in [6.07, 6.45) is 1.65. The lowest BCUT2D eigenvalue weighted by Crippen LogP contribution is -2.06. The zero-order valence-electron chi connectivity index (χ0n) is 19.9. The molecule has 6 aromatic rings. The van der Waals surface area contributed by atoms with E-state index >= 15 is 0 Å². The molecular weight excluding hydrogens is 450 g/mol. The van der Waals surface area contributed by atoms with Crippen LogP contribution in [-0.4, -0.2) is 33.4 Å². The molecule has 0 aliphatic heterocycles. The lowest BCUT2D eigenvalue weighted by molar-refractivity contribution is 0.0603. The van der Waals surface area contributed by atoms with Crippen LogP contribution in [0.5, 0.6) is 0 Å². The second-order valence-corrected chi connectivity index (χ2v) is 8.88. The molecule has 2 aromatic heterocycles. The third-order valence-corrected chi connectivity index (χ3v) is 6.72. The first-order valence-electron chi connectivity index (χ1n) is 11.7. The number of hydrogen-bond acceptors (Lipinski definition) is 4. The number of esters is 1. The van der Waals surface area contributed by atoms with Gasteiger partial charge in [-0.05, 0) is 47.5 Å². The van der Waals surface area contributed by atoms with Crippen LogP contribution >= 0.6 is 0 Å². The maximum absolute atomic E-state index is 13.4. The summed E-state index contributed by atoms with van der Waals surface area (Å²) < 4.78 is 7.11. The highest BCUT2D eigenvalue weighted by Gasteiger charge is 2.20. The Morgan fingerprint density at radius 1 is 0.917 bits per heavy atom. The second-order valence-electron chi connectivity index (χ2n) is 8.88. The molecule has 2 heterocycles. The average molecular weight is 474 g/mol. The molecular formula is C30H23N3O3. The quantitative estimate of drug-likeness (QED) is 0.244. The average Bonchev–Trinajstić information content (AvgIpc) is 3.47. The summed E-state index contributed by atoms with van der Waals surface area (Å²) in [6, 6.07) is 25.5. The van der Waals surface area contributed by atoms with Crippen molar-refractivity contribution in [2.45, 2.75) is 13.5 Å². The zero-order valence-corrected chi connectivity index (χ0v) is 19.9. The van der Waals surface area contributed by atoms with Gasteiger partial charge in [0, 0.05) is 34.8 Å². The molecule has 0 fully saturated rings. The number of hydrogen-bond donors (Lipinski definition) is 1. The Bertz CT molecular complexity index is 1790. The number of ether oxygens (including phenoxy) is 1. The number of rotatable bonds is 5. The minimum Gasteiger partial charge on any atom is -0.465 e. The summed E-state index contributed by atoms with van der Waals surface area (Å²) in [5.41, 5.74) is 5.20. The van der Waals surface area contributed by atoms with E-state index in [-0.39, 0.29) is 5.78 Å². The van der Waals surface area contributed by atoms with Crippen molar-refractivity contribution in [1.29, 1.82) is 0 Å². The number of fused-ring (bicyclic) bond motifs is 3. The molecule has 0 saturated carbocycles. The van der Waals surface area contributed by atoms with Crippen LogP contribution in [0.1, 0.15) is 37.7 Å². The van der Waals surface area contributed by atoms with E-state index in [2.05, 4.69) is 33.8 Å². The van der Waals surface area contributed by atoms with Crippen LogP contribution in [0.15, 0.2) is 85.1 Å². The third-order valence-electron chi connectivity index (χ3n) is 6.72. The molecule has 176 valence electrons. The summed E-state index contributed by atoms with van der Waals surface area (Å²) in [7, 11) is 1.34. The summed E-state index contributed by atoms with van der Waals surface area (Å²) in [4.78, 5) is 33.5. The topological polar surface area (TPSA) is 77.0 Å². The zero-order chi connectivity index (χ0) is 24.8. The van der Waals surface area contributed by atoms with Gasteiger partial charge in [-0.15, -0.1) is 0 Å². The van der Waals surface area contributed by atoms with Crippen LogP contribution < -0.4 is 0 Å². The largest absolute Gasteiger partial charge is 0.465 e. The maximum atomic E-state index is 13.4. The standard InChI is InChI=1S/C30H23N3O3/c1-18-32-26-14-21-6-3-4-7-22(21)15-27(26)33(18)17-19-10-12-20(13-11-19)29(34)24-16-31-25-9-5-8-23(28(24)25)30(35)36-2/h3-16,31H,17H2,1-2H3. The number of nitrogens with zero attached hydrogens (tertiary/aromatic N) is 2. The second kappa shape index (κ2) is 8.50. The predicted molar refractivity (Wildman–Crippen MR) is 141 cm³/mol. The number of aromatic amines is 1. The number of benzene rings is 4. The lowest BCUT2D eigenvalue weighted by Gasteiger charge is -2.09. The molecule has 36 heavy (non-hydrogen) atoms. The van der Waals surface area contributed by atoms with Crippen LogP contribution in [0.2, 0.25) is 0 Å². The van der Waals surface area contributed by atoms with Crippen molar-refractivity contribution in [3.63, 3.8) is 0 Å². The Labute approximate surface area is 207 Å². The first kappa shape index (κ1) is 21.8. The lowest BCUT2D eigenvalue weighted by atomic mass is 9.98. The summed E-state index contributed by atoms with van der Waals surface area (Å²) >= 11 is 0. The predicted octanol–water partition coefficient (Wildman–Crippen LogP) is 6.05. The van der Waals surface area contributed by atoms with Crippen LogP contribution in [0.3, 0.4) is 0 Å². The molecule has 0 radical (unpaired) electrons. The number of carbonyl (C=O) groups excluding carboxylic acids is 2. The van der Waals surface area contributed by atoms with Gasteiger partial charge >= 0.3 is 5.97 Å². The van der Waals surface area contributed by atoms with Gasteiger partial charge in [0.05, 0.1) is 23.7 Å². The molecule has 0 atom stereocenters. The van der Waals surface area contributed by atoms with Gasteiger partial charge in [-0.2, -0.15) is 0 Å². The number of methoxy groups -OCH3 is 1. The number of carbonyl (C=O) groups is 2. The van der Waals surface area contributed by atoms with Crippen LogP contribution in [0.4, 0.5) is 0 Å². The number of H-pyrrole nitrogens is 1. The number of aromatic nitrogens is 3. The normalized spacial score (nSPS) is 11.4. The van der Waals surface area contributed by atoms with E-state index in [0.29, 0.717) is 34.1 Å². The highest BCUT2D eigenvalue weighted by molar-refractivity contribution is 6.20. The maximum Gasteiger partial charge on any atom is 0.338 e. The minimum atomic E-state index is -0.472. The van der Waals surface area contributed by atoms with Gasteiger partial charge in [0.15, 0.2) is 5.78 Å². The van der Waals surface area contributed by atoms with Gasteiger partial charge in [-0.25, -0.2) is 9.78 Å².